The number of ether oxygens (including phenoxy) is 1. The summed E-state index contributed by atoms with van der Waals surface area (Å²) in [5.41, 5.74) is 3.30. The minimum atomic E-state index is -3.70. The molecule has 234 valence electrons. The van der Waals surface area contributed by atoms with E-state index >= 15 is 0 Å². The van der Waals surface area contributed by atoms with E-state index in [9.17, 15) is 22.0 Å². The van der Waals surface area contributed by atoms with Crippen LogP contribution in [0, 0.1) is 12.8 Å². The summed E-state index contributed by atoms with van der Waals surface area (Å²) in [6.45, 7) is 2.30. The van der Waals surface area contributed by atoms with Crippen molar-refractivity contribution < 1.29 is 26.7 Å². The van der Waals surface area contributed by atoms with Gasteiger partial charge in [0, 0.05) is 44.8 Å². The molecule has 1 aliphatic heterocycles. The first-order valence-electron chi connectivity index (χ1n) is 14.6. The van der Waals surface area contributed by atoms with Gasteiger partial charge in [0.25, 0.3) is 6.43 Å². The number of carbonyl (C=O) groups is 1. The maximum atomic E-state index is 14.4. The molecule has 44 heavy (non-hydrogen) atoms. The molecule has 4 heterocycles. The maximum Gasteiger partial charge on any atom is 0.295 e. The van der Waals surface area contributed by atoms with Crippen molar-refractivity contribution in [3.8, 4) is 11.4 Å². The number of rotatable bonds is 10. The van der Waals surface area contributed by atoms with Crippen LogP contribution in [0.2, 0.25) is 0 Å². The molecule has 2 aliphatic rings. The number of hydrogen-bond acceptors (Lipinski definition) is 8. The number of Topliss-reactive ketones (excluding diaryl/α,β-unsaturated/α-hetero) is 1. The highest BCUT2D eigenvalue weighted by atomic mass is 32.2. The van der Waals surface area contributed by atoms with Crippen molar-refractivity contribution in [2.45, 2.75) is 58.1 Å². The summed E-state index contributed by atoms with van der Waals surface area (Å²) in [6.07, 6.45) is 3.28. The highest BCUT2D eigenvalue weighted by molar-refractivity contribution is 7.92. The van der Waals surface area contributed by atoms with Gasteiger partial charge in [0.15, 0.2) is 11.5 Å². The van der Waals surface area contributed by atoms with Crippen LogP contribution >= 0.6 is 0 Å². The zero-order valence-electron chi connectivity index (χ0n) is 25.0. The van der Waals surface area contributed by atoms with E-state index in [0.717, 1.165) is 41.9 Å². The number of sulfonamides is 1. The molecule has 1 N–H and O–H groups in total. The second kappa shape index (κ2) is 11.5. The lowest BCUT2D eigenvalue weighted by atomic mass is 10.1. The Morgan fingerprint density at radius 3 is 2.52 bits per heavy atom. The van der Waals surface area contributed by atoms with Crippen LogP contribution < -0.4 is 9.62 Å². The Labute approximate surface area is 254 Å². The van der Waals surface area contributed by atoms with Crippen molar-refractivity contribution in [2.75, 3.05) is 29.5 Å². The zero-order valence-corrected chi connectivity index (χ0v) is 25.9. The Balaban J connectivity index is 1.51. The van der Waals surface area contributed by atoms with E-state index in [0.29, 0.717) is 47.2 Å². The summed E-state index contributed by atoms with van der Waals surface area (Å²) in [6, 6.07) is 6.86. The third-order valence-electron chi connectivity index (χ3n) is 8.11. The van der Waals surface area contributed by atoms with Gasteiger partial charge in [-0.25, -0.2) is 32.2 Å². The van der Waals surface area contributed by atoms with Gasteiger partial charge in [0.1, 0.15) is 23.4 Å². The Morgan fingerprint density at radius 1 is 1.14 bits per heavy atom. The van der Waals surface area contributed by atoms with Gasteiger partial charge in [-0.2, -0.15) is 0 Å². The lowest BCUT2D eigenvalue weighted by Gasteiger charge is -2.25. The second-order valence-electron chi connectivity index (χ2n) is 11.6. The van der Waals surface area contributed by atoms with Gasteiger partial charge in [-0.1, -0.05) is 0 Å². The van der Waals surface area contributed by atoms with E-state index < -0.39 is 28.5 Å². The number of halogens is 2. The number of imidazole rings is 2. The van der Waals surface area contributed by atoms with Gasteiger partial charge in [-0.05, 0) is 63.3 Å². The van der Waals surface area contributed by atoms with Crippen LogP contribution in [0.15, 0.2) is 30.5 Å². The largest absolute Gasteiger partial charge is 0.358 e. The van der Waals surface area contributed by atoms with Crippen LogP contribution in [0.25, 0.3) is 22.6 Å². The quantitative estimate of drug-likeness (QED) is 0.247. The molecule has 1 saturated heterocycles. The number of carbonyl (C=O) groups excluding carboxylic acids is 1. The summed E-state index contributed by atoms with van der Waals surface area (Å²) in [5, 5.41) is 3.26. The molecule has 0 bridgehead atoms. The SMILES string of the molecule is Cc1cn(C)c(-c2ccc(Nc3cc(CC(=O)C4CC4)nc4c3nc(C(F)F)n4C3CCCCO3)c(N(C)S(C)(=O)=O)c2)n1. The number of pyridine rings is 1. The molecule has 1 atom stereocenters. The molecule has 6 rings (SSSR count). The average Bonchev–Trinajstić information content (AvgIpc) is 3.67. The smallest absolute Gasteiger partial charge is 0.295 e. The highest BCUT2D eigenvalue weighted by Crippen LogP contribution is 2.39. The van der Waals surface area contributed by atoms with Crippen LogP contribution in [0.5, 0.6) is 0 Å². The number of anilines is 3. The number of nitrogens with one attached hydrogen (secondary N) is 1. The van der Waals surface area contributed by atoms with Crippen molar-refractivity contribution >= 4 is 44.0 Å². The van der Waals surface area contributed by atoms with Crippen LogP contribution in [0.3, 0.4) is 0 Å². The van der Waals surface area contributed by atoms with Gasteiger partial charge in [-0.3, -0.25) is 13.7 Å². The van der Waals surface area contributed by atoms with Crippen molar-refractivity contribution in [3.63, 3.8) is 0 Å². The Morgan fingerprint density at radius 2 is 1.91 bits per heavy atom. The molecule has 1 saturated carbocycles. The Kier molecular flexibility index (Phi) is 7.91. The summed E-state index contributed by atoms with van der Waals surface area (Å²) in [4.78, 5) is 26.4. The van der Waals surface area contributed by atoms with Gasteiger partial charge in [0.2, 0.25) is 10.0 Å². The molecule has 1 unspecified atom stereocenters. The number of nitrogens with zero attached hydrogens (tertiary/aromatic N) is 6. The van der Waals surface area contributed by atoms with E-state index in [1.807, 2.05) is 24.7 Å². The third-order valence-corrected chi connectivity index (χ3v) is 9.31. The molecule has 0 spiro atoms. The van der Waals surface area contributed by atoms with Crippen molar-refractivity contribution in [1.29, 1.82) is 0 Å². The fourth-order valence-electron chi connectivity index (χ4n) is 5.66. The standard InChI is InChI=1S/C30H35F2N7O4S/c1-17-16-37(2)28(33-17)19-10-11-21(23(13-19)38(3)44(4,41)42)35-22-14-20(15-24(40)18-8-9-18)34-29-26(22)36-30(27(31)32)39(29)25-7-5-6-12-43-25/h10-11,13-14,16,18,25,27H,5-9,12,15H2,1-4H3,(H,34,35). The van der Waals surface area contributed by atoms with E-state index in [1.54, 1.807) is 24.3 Å². The maximum absolute atomic E-state index is 14.4. The summed E-state index contributed by atoms with van der Waals surface area (Å²) in [7, 11) is -0.405. The van der Waals surface area contributed by atoms with E-state index in [1.165, 1.54) is 11.6 Å². The molecule has 1 aromatic carbocycles. The number of aromatic nitrogens is 5. The molecule has 3 aromatic heterocycles. The van der Waals surface area contributed by atoms with Crippen molar-refractivity contribution in [2.24, 2.45) is 13.0 Å². The van der Waals surface area contributed by atoms with E-state index in [2.05, 4.69) is 20.3 Å². The molecule has 0 radical (unpaired) electrons. The van der Waals surface area contributed by atoms with Gasteiger partial charge >= 0.3 is 0 Å². The van der Waals surface area contributed by atoms with Crippen LogP contribution in [0.4, 0.5) is 25.8 Å². The predicted octanol–water partition coefficient (Wildman–Crippen LogP) is 5.44. The molecular weight excluding hydrogens is 592 g/mol. The molecule has 0 amide bonds. The number of ketones is 1. The molecule has 4 aromatic rings. The van der Waals surface area contributed by atoms with Gasteiger partial charge < -0.3 is 14.6 Å². The Bertz CT molecular complexity index is 1840. The monoisotopic (exact) mass is 627 g/mol. The third kappa shape index (κ3) is 5.92. The summed E-state index contributed by atoms with van der Waals surface area (Å²) < 4.78 is 64.5. The number of aryl methyl sites for hydroxylation is 2. The lowest BCUT2D eigenvalue weighted by Crippen LogP contribution is -2.25. The minimum Gasteiger partial charge on any atom is -0.358 e. The van der Waals surface area contributed by atoms with Crippen LogP contribution in [-0.4, -0.2) is 58.2 Å². The van der Waals surface area contributed by atoms with Crippen LogP contribution in [0.1, 0.15) is 62.0 Å². The normalized spacial score (nSPS) is 17.4. The van der Waals surface area contributed by atoms with Crippen molar-refractivity contribution in [3.05, 3.63) is 47.7 Å². The topological polar surface area (TPSA) is 124 Å². The molecular formula is C30H35F2N7O4S. The van der Waals surface area contributed by atoms with Crippen molar-refractivity contribution in [1.82, 2.24) is 24.1 Å². The zero-order chi connectivity index (χ0) is 31.3. The fourth-order valence-corrected chi connectivity index (χ4v) is 6.16. The molecule has 2 fully saturated rings. The summed E-state index contributed by atoms with van der Waals surface area (Å²) >= 11 is 0. The van der Waals surface area contributed by atoms with E-state index in [4.69, 9.17) is 4.74 Å². The first-order valence-corrected chi connectivity index (χ1v) is 16.4. The first kappa shape index (κ1) is 30.1. The number of alkyl halides is 2. The lowest BCUT2D eigenvalue weighted by molar-refractivity contribution is -0.119. The molecule has 1 aliphatic carbocycles. The minimum absolute atomic E-state index is 0.00978. The van der Waals surface area contributed by atoms with Gasteiger partial charge in [-0.15, -0.1) is 0 Å². The highest BCUT2D eigenvalue weighted by Gasteiger charge is 2.32. The van der Waals surface area contributed by atoms with E-state index in [-0.39, 0.29) is 29.3 Å². The van der Waals surface area contributed by atoms with Gasteiger partial charge in [0.05, 0.1) is 34.7 Å². The number of fused-ring (bicyclic) bond motifs is 1. The average molecular weight is 628 g/mol. The Hall–Kier alpha value is -3.91. The number of hydrogen-bond donors (Lipinski definition) is 1. The predicted molar refractivity (Wildman–Crippen MR) is 163 cm³/mol. The van der Waals surface area contributed by atoms with Crippen LogP contribution in [-0.2, 0) is 33.0 Å². The second-order valence-corrected chi connectivity index (χ2v) is 13.6. The first-order chi connectivity index (χ1) is 20.9. The molecule has 11 nitrogen and oxygen atoms in total. The number of benzene rings is 1. The molecule has 14 heteroatoms. The summed E-state index contributed by atoms with van der Waals surface area (Å²) in [5.74, 6) is 0.216. The fraction of sp³-hybridized carbons (Fsp3) is 0.467.